The SMILES string of the molecule is COC(=O)C1(C(=O)OC)C=C(C2=CCCCCC2)[C@H]2C=C[C@H](OC(C)=O)C[C@H]21. The standard InChI is InChI=1S/C22H28O6/c1-14(23)28-16-10-11-17-18(15-8-6-4-5-7-9-15)13-22(19(17)12-16,20(24)26-2)21(25)27-3/h8,10-11,13,16-17,19H,4-7,9,12H2,1-3H3/t16-,17+,19+/m0/s1. The van der Waals surface area contributed by atoms with Gasteiger partial charge in [0.2, 0.25) is 0 Å². The molecule has 0 aliphatic heterocycles. The largest absolute Gasteiger partial charge is 0.468 e. The van der Waals surface area contributed by atoms with Gasteiger partial charge in [0.05, 0.1) is 14.2 Å². The molecule has 3 atom stereocenters. The van der Waals surface area contributed by atoms with Crippen molar-refractivity contribution in [2.75, 3.05) is 14.2 Å². The van der Waals surface area contributed by atoms with Gasteiger partial charge >= 0.3 is 17.9 Å². The minimum atomic E-state index is -1.53. The molecule has 0 aromatic carbocycles. The van der Waals surface area contributed by atoms with Crippen LogP contribution in [0.25, 0.3) is 0 Å². The Morgan fingerprint density at radius 2 is 1.75 bits per heavy atom. The van der Waals surface area contributed by atoms with Crippen molar-refractivity contribution in [2.24, 2.45) is 17.3 Å². The molecule has 0 amide bonds. The van der Waals surface area contributed by atoms with E-state index in [9.17, 15) is 14.4 Å². The molecule has 152 valence electrons. The Bertz CT molecular complexity index is 728. The smallest absolute Gasteiger partial charge is 0.327 e. The van der Waals surface area contributed by atoms with Gasteiger partial charge in [0, 0.05) is 18.8 Å². The maximum Gasteiger partial charge on any atom is 0.327 e. The molecule has 0 saturated carbocycles. The van der Waals surface area contributed by atoms with Crippen LogP contribution in [0.5, 0.6) is 0 Å². The molecule has 28 heavy (non-hydrogen) atoms. The van der Waals surface area contributed by atoms with Gasteiger partial charge in [-0.1, -0.05) is 24.6 Å². The summed E-state index contributed by atoms with van der Waals surface area (Å²) in [7, 11) is 2.56. The molecule has 0 fully saturated rings. The normalized spacial score (nSPS) is 28.3. The molecule has 6 heteroatoms. The van der Waals surface area contributed by atoms with E-state index in [0.717, 1.165) is 31.3 Å². The van der Waals surface area contributed by atoms with Gasteiger partial charge in [-0.2, -0.15) is 0 Å². The Morgan fingerprint density at radius 3 is 2.39 bits per heavy atom. The fraction of sp³-hybridized carbons (Fsp3) is 0.591. The van der Waals surface area contributed by atoms with Gasteiger partial charge in [-0.15, -0.1) is 0 Å². The lowest BCUT2D eigenvalue weighted by atomic mass is 9.69. The highest BCUT2D eigenvalue weighted by atomic mass is 16.5. The first-order chi connectivity index (χ1) is 13.4. The van der Waals surface area contributed by atoms with Gasteiger partial charge in [-0.25, -0.2) is 0 Å². The fourth-order valence-electron chi connectivity index (χ4n) is 4.82. The van der Waals surface area contributed by atoms with Crippen LogP contribution in [0.2, 0.25) is 0 Å². The summed E-state index contributed by atoms with van der Waals surface area (Å²) in [4.78, 5) is 37.2. The third-order valence-electron chi connectivity index (χ3n) is 6.06. The predicted molar refractivity (Wildman–Crippen MR) is 102 cm³/mol. The topological polar surface area (TPSA) is 78.9 Å². The summed E-state index contributed by atoms with van der Waals surface area (Å²) < 4.78 is 15.5. The number of methoxy groups -OCH3 is 2. The monoisotopic (exact) mass is 388 g/mol. The van der Waals surface area contributed by atoms with E-state index < -0.39 is 35.3 Å². The Balaban J connectivity index is 2.09. The van der Waals surface area contributed by atoms with E-state index in [4.69, 9.17) is 14.2 Å². The number of rotatable bonds is 4. The molecule has 0 aromatic heterocycles. The highest BCUT2D eigenvalue weighted by Crippen LogP contribution is 2.54. The summed E-state index contributed by atoms with van der Waals surface area (Å²) in [5, 5.41) is 0. The Hall–Kier alpha value is -2.37. The predicted octanol–water partition coefficient (Wildman–Crippen LogP) is 3.27. The first kappa shape index (κ1) is 20.4. The molecule has 6 nitrogen and oxygen atoms in total. The Morgan fingerprint density at radius 1 is 1.04 bits per heavy atom. The minimum Gasteiger partial charge on any atom is -0.468 e. The van der Waals surface area contributed by atoms with Gasteiger partial charge in [0.25, 0.3) is 0 Å². The molecule has 3 aliphatic rings. The average molecular weight is 388 g/mol. The summed E-state index contributed by atoms with van der Waals surface area (Å²) in [6, 6.07) is 0. The van der Waals surface area contributed by atoms with Crippen molar-refractivity contribution in [3.63, 3.8) is 0 Å². The van der Waals surface area contributed by atoms with Crippen LogP contribution in [0.4, 0.5) is 0 Å². The maximum atomic E-state index is 12.9. The summed E-state index contributed by atoms with van der Waals surface area (Å²) >= 11 is 0. The Kier molecular flexibility index (Phi) is 6.06. The quantitative estimate of drug-likeness (QED) is 0.318. The molecule has 0 bridgehead atoms. The van der Waals surface area contributed by atoms with Crippen molar-refractivity contribution in [1.29, 1.82) is 0 Å². The molecule has 0 heterocycles. The van der Waals surface area contributed by atoms with Crippen LogP contribution in [0.1, 0.15) is 45.4 Å². The summed E-state index contributed by atoms with van der Waals surface area (Å²) in [6.45, 7) is 1.35. The fourth-order valence-corrected chi connectivity index (χ4v) is 4.82. The molecule has 0 saturated heterocycles. The first-order valence-corrected chi connectivity index (χ1v) is 9.88. The van der Waals surface area contributed by atoms with Gasteiger partial charge in [0.1, 0.15) is 6.10 Å². The van der Waals surface area contributed by atoms with Gasteiger partial charge in [-0.3, -0.25) is 14.4 Å². The van der Waals surface area contributed by atoms with Crippen molar-refractivity contribution >= 4 is 17.9 Å². The van der Waals surface area contributed by atoms with Crippen LogP contribution in [0.3, 0.4) is 0 Å². The second-order valence-electron chi connectivity index (χ2n) is 7.68. The lowest BCUT2D eigenvalue weighted by Crippen LogP contribution is -2.47. The number of hydrogen-bond acceptors (Lipinski definition) is 6. The molecule has 0 spiro atoms. The van der Waals surface area contributed by atoms with E-state index in [1.165, 1.54) is 33.1 Å². The lowest BCUT2D eigenvalue weighted by molar-refractivity contribution is -0.170. The molecule has 0 aromatic rings. The number of carbonyl (C=O) groups is 3. The molecular weight excluding hydrogens is 360 g/mol. The van der Waals surface area contributed by atoms with Crippen LogP contribution in [0.15, 0.2) is 35.5 Å². The Labute approximate surface area is 165 Å². The second-order valence-corrected chi connectivity index (χ2v) is 7.68. The van der Waals surface area contributed by atoms with Crippen molar-refractivity contribution in [3.05, 3.63) is 35.5 Å². The van der Waals surface area contributed by atoms with E-state index in [-0.39, 0.29) is 5.92 Å². The first-order valence-electron chi connectivity index (χ1n) is 9.88. The number of ether oxygens (including phenoxy) is 3. The summed E-state index contributed by atoms with van der Waals surface area (Å²) in [5.74, 6) is -2.19. The maximum absolute atomic E-state index is 12.9. The third kappa shape index (κ3) is 3.52. The third-order valence-corrected chi connectivity index (χ3v) is 6.06. The molecule has 0 N–H and O–H groups in total. The zero-order valence-electron chi connectivity index (χ0n) is 16.7. The summed E-state index contributed by atoms with van der Waals surface area (Å²) in [6.07, 6.45) is 13.0. The lowest BCUT2D eigenvalue weighted by Gasteiger charge is -2.36. The van der Waals surface area contributed by atoms with Crippen molar-refractivity contribution in [1.82, 2.24) is 0 Å². The number of fused-ring (bicyclic) bond motifs is 1. The second kappa shape index (κ2) is 8.33. The zero-order valence-corrected chi connectivity index (χ0v) is 16.7. The zero-order chi connectivity index (χ0) is 20.3. The minimum absolute atomic E-state index is 0.116. The van der Waals surface area contributed by atoms with Crippen LogP contribution in [-0.4, -0.2) is 38.2 Å². The molecule has 3 aliphatic carbocycles. The van der Waals surface area contributed by atoms with Crippen molar-refractivity contribution in [3.8, 4) is 0 Å². The van der Waals surface area contributed by atoms with Crippen LogP contribution < -0.4 is 0 Å². The van der Waals surface area contributed by atoms with Crippen LogP contribution in [0, 0.1) is 17.3 Å². The molecule has 0 radical (unpaired) electrons. The molecule has 0 unspecified atom stereocenters. The van der Waals surface area contributed by atoms with Gasteiger partial charge in [0.15, 0.2) is 5.41 Å². The van der Waals surface area contributed by atoms with E-state index in [0.29, 0.717) is 6.42 Å². The number of allylic oxidation sites excluding steroid dienone is 4. The highest BCUT2D eigenvalue weighted by molar-refractivity contribution is 6.04. The van der Waals surface area contributed by atoms with Crippen molar-refractivity contribution < 1.29 is 28.6 Å². The highest BCUT2D eigenvalue weighted by Gasteiger charge is 2.61. The van der Waals surface area contributed by atoms with E-state index in [1.54, 1.807) is 6.08 Å². The number of hydrogen-bond donors (Lipinski definition) is 0. The van der Waals surface area contributed by atoms with Crippen molar-refractivity contribution in [2.45, 2.75) is 51.6 Å². The van der Waals surface area contributed by atoms with E-state index >= 15 is 0 Å². The number of carbonyl (C=O) groups excluding carboxylic acids is 3. The summed E-state index contributed by atoms with van der Waals surface area (Å²) in [5.41, 5.74) is 0.665. The molecule has 3 rings (SSSR count). The van der Waals surface area contributed by atoms with E-state index in [1.807, 2.05) is 12.2 Å². The van der Waals surface area contributed by atoms with Crippen LogP contribution in [-0.2, 0) is 28.6 Å². The number of esters is 3. The van der Waals surface area contributed by atoms with Gasteiger partial charge < -0.3 is 14.2 Å². The average Bonchev–Trinajstić information content (AvgIpc) is 2.84. The van der Waals surface area contributed by atoms with E-state index in [2.05, 4.69) is 6.08 Å². The van der Waals surface area contributed by atoms with Crippen LogP contribution >= 0.6 is 0 Å². The van der Waals surface area contributed by atoms with Gasteiger partial charge in [-0.05, 0) is 49.3 Å². The molecular formula is C22H28O6.